The summed E-state index contributed by atoms with van der Waals surface area (Å²) in [7, 11) is -4.59. The van der Waals surface area contributed by atoms with Gasteiger partial charge in [-0.2, -0.15) is 0 Å². The molecule has 0 aromatic carbocycles. The van der Waals surface area contributed by atoms with Gasteiger partial charge in [-0.15, -0.1) is 0 Å². The molecule has 0 spiro atoms. The predicted molar refractivity (Wildman–Crippen MR) is 136 cm³/mol. The molecule has 0 fully saturated rings. The molecule has 0 aliphatic heterocycles. The maximum absolute atomic E-state index is 12.1. The molecule has 0 saturated heterocycles. The SMILES string of the molecule is CC/C=C\C/C=C\C/C=C\C/C=C\CCC(=O)OC(COC(=O)CC)COP(=O)(O)OCC(O)CO. The highest BCUT2D eigenvalue weighted by Crippen LogP contribution is 2.43. The molecule has 0 bridgehead atoms. The Labute approximate surface area is 213 Å². The molecule has 0 aliphatic rings. The van der Waals surface area contributed by atoms with Crippen molar-refractivity contribution in [2.75, 3.05) is 26.4 Å². The van der Waals surface area contributed by atoms with E-state index in [1.54, 1.807) is 6.92 Å². The van der Waals surface area contributed by atoms with Gasteiger partial charge in [0, 0.05) is 12.8 Å². The minimum absolute atomic E-state index is 0.0580. The third-order valence-electron chi connectivity index (χ3n) is 4.32. The van der Waals surface area contributed by atoms with E-state index in [0.717, 1.165) is 25.7 Å². The summed E-state index contributed by atoms with van der Waals surface area (Å²) in [5.41, 5.74) is 0. The number of carbonyl (C=O) groups excluding carboxylic acids is 2. The van der Waals surface area contributed by atoms with Crippen molar-refractivity contribution >= 4 is 19.8 Å². The average molecular weight is 533 g/mol. The highest BCUT2D eigenvalue weighted by Gasteiger charge is 2.26. The van der Waals surface area contributed by atoms with E-state index in [1.165, 1.54) is 0 Å². The number of carbonyl (C=O) groups is 2. The molecule has 0 aromatic heterocycles. The quantitative estimate of drug-likeness (QED) is 0.113. The van der Waals surface area contributed by atoms with Gasteiger partial charge in [0.1, 0.15) is 12.7 Å². The van der Waals surface area contributed by atoms with Crippen molar-refractivity contribution in [2.24, 2.45) is 0 Å². The van der Waals surface area contributed by atoms with Crippen molar-refractivity contribution in [3.05, 3.63) is 48.6 Å². The number of phosphoric acid groups is 1. The van der Waals surface area contributed by atoms with Gasteiger partial charge in [0.25, 0.3) is 0 Å². The topological polar surface area (TPSA) is 149 Å². The molecular formula is C25H41O10P. The first kappa shape index (κ1) is 33.9. The molecule has 3 atom stereocenters. The zero-order valence-corrected chi connectivity index (χ0v) is 22.1. The van der Waals surface area contributed by atoms with Crippen molar-refractivity contribution in [2.45, 2.75) is 71.0 Å². The van der Waals surface area contributed by atoms with E-state index in [2.05, 4.69) is 41.8 Å². The van der Waals surface area contributed by atoms with Crippen LogP contribution in [0.5, 0.6) is 0 Å². The number of hydrogen-bond donors (Lipinski definition) is 3. The third kappa shape index (κ3) is 21.2. The lowest BCUT2D eigenvalue weighted by molar-refractivity contribution is -0.161. The van der Waals surface area contributed by atoms with Crippen LogP contribution in [0.2, 0.25) is 0 Å². The van der Waals surface area contributed by atoms with Crippen LogP contribution in [0.25, 0.3) is 0 Å². The van der Waals surface area contributed by atoms with Gasteiger partial charge in [0.2, 0.25) is 0 Å². The predicted octanol–water partition coefficient (Wildman–Crippen LogP) is 3.92. The van der Waals surface area contributed by atoms with E-state index in [-0.39, 0.29) is 19.4 Å². The standard InChI is InChI=1S/C25H41O10P/c1-3-5-6-7-8-9-10-11-12-13-14-15-16-17-25(29)35-23(20-32-24(28)4-2)21-34-36(30,31)33-19-22(27)18-26/h5-6,8-9,11-12,14-15,22-23,26-27H,3-4,7,10,13,16-21H2,1-2H3,(H,30,31)/b6-5-,9-8-,12-11-,15-14-. The van der Waals surface area contributed by atoms with Crippen LogP contribution in [0.3, 0.4) is 0 Å². The molecule has 10 nitrogen and oxygen atoms in total. The second-order valence-corrected chi connectivity index (χ2v) is 9.04. The number of ether oxygens (including phenoxy) is 2. The molecule has 0 amide bonds. The molecule has 0 radical (unpaired) electrons. The Kier molecular flexibility index (Phi) is 20.9. The summed E-state index contributed by atoms with van der Waals surface area (Å²) >= 11 is 0. The first-order valence-corrected chi connectivity index (χ1v) is 13.6. The van der Waals surface area contributed by atoms with Crippen LogP contribution in [0.1, 0.15) is 58.8 Å². The number of rotatable bonds is 21. The smallest absolute Gasteiger partial charge is 0.462 e. The maximum Gasteiger partial charge on any atom is 0.472 e. The van der Waals surface area contributed by atoms with Gasteiger partial charge in [-0.1, -0.05) is 62.5 Å². The number of allylic oxidation sites excluding steroid dienone is 8. The van der Waals surface area contributed by atoms with Crippen LogP contribution < -0.4 is 0 Å². The summed E-state index contributed by atoms with van der Waals surface area (Å²) in [6.07, 6.45) is 18.1. The Balaban J connectivity index is 4.42. The van der Waals surface area contributed by atoms with Gasteiger partial charge in [0.15, 0.2) is 6.10 Å². The Morgan fingerprint density at radius 3 is 1.94 bits per heavy atom. The highest BCUT2D eigenvalue weighted by atomic mass is 31.2. The molecule has 36 heavy (non-hydrogen) atoms. The van der Waals surface area contributed by atoms with Gasteiger partial charge in [-0.25, -0.2) is 4.57 Å². The van der Waals surface area contributed by atoms with Gasteiger partial charge in [-0.05, 0) is 32.1 Å². The molecular weight excluding hydrogens is 491 g/mol. The van der Waals surface area contributed by atoms with Crippen LogP contribution in [0.15, 0.2) is 48.6 Å². The largest absolute Gasteiger partial charge is 0.472 e. The number of aliphatic hydroxyl groups is 2. The van der Waals surface area contributed by atoms with Crippen molar-refractivity contribution in [1.82, 2.24) is 0 Å². The molecule has 0 saturated carbocycles. The molecule has 3 unspecified atom stereocenters. The zero-order valence-electron chi connectivity index (χ0n) is 21.2. The van der Waals surface area contributed by atoms with Gasteiger partial charge >= 0.3 is 19.8 Å². The number of hydrogen-bond acceptors (Lipinski definition) is 9. The fourth-order valence-corrected chi connectivity index (χ4v) is 3.18. The summed E-state index contributed by atoms with van der Waals surface area (Å²) in [5, 5.41) is 17.9. The minimum atomic E-state index is -4.59. The summed E-state index contributed by atoms with van der Waals surface area (Å²) < 4.78 is 31.4. The van der Waals surface area contributed by atoms with E-state index < -0.39 is 51.8 Å². The van der Waals surface area contributed by atoms with Gasteiger partial charge in [-0.3, -0.25) is 18.6 Å². The van der Waals surface area contributed by atoms with Crippen molar-refractivity contribution in [3.8, 4) is 0 Å². The summed E-state index contributed by atoms with van der Waals surface area (Å²) in [5.74, 6) is -1.13. The first-order chi connectivity index (χ1) is 17.2. The number of phosphoric ester groups is 1. The second-order valence-electron chi connectivity index (χ2n) is 7.58. The molecule has 0 aromatic rings. The van der Waals surface area contributed by atoms with E-state index in [1.807, 2.05) is 18.2 Å². The normalized spacial score (nSPS) is 15.6. The average Bonchev–Trinajstić information content (AvgIpc) is 2.86. The lowest BCUT2D eigenvalue weighted by Crippen LogP contribution is -2.29. The first-order valence-electron chi connectivity index (χ1n) is 12.1. The van der Waals surface area contributed by atoms with E-state index >= 15 is 0 Å². The zero-order chi connectivity index (χ0) is 27.1. The van der Waals surface area contributed by atoms with Crippen LogP contribution in [-0.4, -0.2) is 65.7 Å². The molecule has 206 valence electrons. The lowest BCUT2D eigenvalue weighted by atomic mass is 10.2. The van der Waals surface area contributed by atoms with E-state index in [9.17, 15) is 24.2 Å². The summed E-state index contributed by atoms with van der Waals surface area (Å²) in [4.78, 5) is 33.2. The Hall–Kier alpha value is -2.07. The summed E-state index contributed by atoms with van der Waals surface area (Å²) in [6.45, 7) is 1.47. The lowest BCUT2D eigenvalue weighted by Gasteiger charge is -2.20. The van der Waals surface area contributed by atoms with Crippen molar-refractivity contribution in [3.63, 3.8) is 0 Å². The van der Waals surface area contributed by atoms with Crippen LogP contribution >= 0.6 is 7.82 Å². The third-order valence-corrected chi connectivity index (χ3v) is 5.27. The Morgan fingerprint density at radius 1 is 0.833 bits per heavy atom. The highest BCUT2D eigenvalue weighted by molar-refractivity contribution is 7.47. The number of esters is 2. The van der Waals surface area contributed by atoms with Crippen LogP contribution in [0.4, 0.5) is 0 Å². The fraction of sp³-hybridized carbons (Fsp3) is 0.600. The second kappa shape index (κ2) is 22.2. The molecule has 0 heterocycles. The van der Waals surface area contributed by atoms with Gasteiger partial charge in [0.05, 0.1) is 19.8 Å². The molecule has 11 heteroatoms. The Morgan fingerprint density at radius 2 is 1.39 bits per heavy atom. The molecule has 0 aliphatic carbocycles. The van der Waals surface area contributed by atoms with Crippen LogP contribution in [-0.2, 0) is 32.7 Å². The molecule has 0 rings (SSSR count). The summed E-state index contributed by atoms with van der Waals surface area (Å²) in [6, 6.07) is 0. The van der Waals surface area contributed by atoms with E-state index in [4.69, 9.17) is 19.1 Å². The monoisotopic (exact) mass is 532 g/mol. The van der Waals surface area contributed by atoms with E-state index in [0.29, 0.717) is 6.42 Å². The van der Waals surface area contributed by atoms with Crippen LogP contribution in [0, 0.1) is 0 Å². The van der Waals surface area contributed by atoms with Gasteiger partial charge < -0.3 is 24.6 Å². The molecule has 3 N–H and O–H groups in total. The minimum Gasteiger partial charge on any atom is -0.462 e. The fourth-order valence-electron chi connectivity index (χ4n) is 2.40. The Bertz CT molecular complexity index is 760. The van der Waals surface area contributed by atoms with Crippen molar-refractivity contribution < 1.29 is 47.8 Å². The maximum atomic E-state index is 12.1. The number of aliphatic hydroxyl groups excluding tert-OH is 2. The van der Waals surface area contributed by atoms with Crippen molar-refractivity contribution in [1.29, 1.82) is 0 Å².